The Morgan fingerprint density at radius 2 is 2.00 bits per heavy atom. The fourth-order valence-electron chi connectivity index (χ4n) is 2.66. The van der Waals surface area contributed by atoms with E-state index >= 15 is 0 Å². The van der Waals surface area contributed by atoms with Crippen molar-refractivity contribution in [3.05, 3.63) is 46.8 Å². The molecule has 0 bridgehead atoms. The first-order valence-corrected chi connectivity index (χ1v) is 7.71. The summed E-state index contributed by atoms with van der Waals surface area (Å²) in [5.41, 5.74) is 4.23. The number of ether oxygens (including phenoxy) is 1. The van der Waals surface area contributed by atoms with Crippen LogP contribution in [0.4, 0.5) is 4.79 Å². The first-order valence-electron chi connectivity index (χ1n) is 7.71. The molecule has 4 heteroatoms. The molecule has 0 fully saturated rings. The summed E-state index contributed by atoms with van der Waals surface area (Å²) in [7, 11) is 0. The number of carbonyl (C=O) groups excluding carboxylic acids is 1. The Kier molecular flexibility index (Phi) is 4.50. The van der Waals surface area contributed by atoms with Crippen LogP contribution in [0.25, 0.3) is 0 Å². The van der Waals surface area contributed by atoms with E-state index in [2.05, 4.69) is 44.3 Å². The SMILES string of the molecule is Cc1cccc([C@H](C)C2=CNCN2C(=O)OC(C)(C)C)c1C. The molecule has 1 N–H and O–H groups in total. The van der Waals surface area contributed by atoms with Gasteiger partial charge in [-0.15, -0.1) is 0 Å². The molecule has 120 valence electrons. The molecule has 0 unspecified atom stereocenters. The van der Waals surface area contributed by atoms with Crippen molar-refractivity contribution in [2.24, 2.45) is 0 Å². The Morgan fingerprint density at radius 1 is 1.32 bits per heavy atom. The second kappa shape index (κ2) is 6.03. The van der Waals surface area contributed by atoms with Gasteiger partial charge in [-0.3, -0.25) is 4.90 Å². The van der Waals surface area contributed by atoms with Gasteiger partial charge in [-0.25, -0.2) is 4.79 Å². The Morgan fingerprint density at radius 3 is 2.64 bits per heavy atom. The van der Waals surface area contributed by atoms with Gasteiger partial charge in [-0.05, 0) is 51.3 Å². The molecule has 1 aromatic rings. The van der Waals surface area contributed by atoms with Crippen LogP contribution in [0.3, 0.4) is 0 Å². The molecule has 0 spiro atoms. The summed E-state index contributed by atoms with van der Waals surface area (Å²) in [6.07, 6.45) is 1.61. The van der Waals surface area contributed by atoms with Gasteiger partial charge in [0.15, 0.2) is 0 Å². The number of benzene rings is 1. The van der Waals surface area contributed by atoms with E-state index in [9.17, 15) is 4.79 Å². The fraction of sp³-hybridized carbons (Fsp3) is 0.500. The van der Waals surface area contributed by atoms with Crippen LogP contribution in [-0.4, -0.2) is 23.3 Å². The van der Waals surface area contributed by atoms with Gasteiger partial charge in [-0.1, -0.05) is 25.1 Å². The van der Waals surface area contributed by atoms with Gasteiger partial charge in [-0.2, -0.15) is 0 Å². The minimum absolute atomic E-state index is 0.127. The minimum atomic E-state index is -0.493. The monoisotopic (exact) mass is 302 g/mol. The number of nitrogens with zero attached hydrogens (tertiary/aromatic N) is 1. The second-order valence-corrected chi connectivity index (χ2v) is 6.85. The largest absolute Gasteiger partial charge is 0.443 e. The van der Waals surface area contributed by atoms with Gasteiger partial charge in [0, 0.05) is 17.8 Å². The number of carbonyl (C=O) groups is 1. The number of aryl methyl sites for hydroxylation is 1. The van der Waals surface area contributed by atoms with E-state index in [1.807, 2.05) is 27.0 Å². The molecule has 0 saturated heterocycles. The van der Waals surface area contributed by atoms with Crippen molar-refractivity contribution >= 4 is 6.09 Å². The summed E-state index contributed by atoms with van der Waals surface area (Å²) in [5, 5.41) is 3.14. The van der Waals surface area contributed by atoms with Crippen molar-refractivity contribution < 1.29 is 9.53 Å². The summed E-state index contributed by atoms with van der Waals surface area (Å²) in [6, 6.07) is 6.30. The normalized spacial score (nSPS) is 16.1. The molecule has 1 aromatic carbocycles. The fourth-order valence-corrected chi connectivity index (χ4v) is 2.66. The Hall–Kier alpha value is -1.97. The van der Waals surface area contributed by atoms with Crippen molar-refractivity contribution in [1.82, 2.24) is 10.2 Å². The molecule has 0 aliphatic carbocycles. The zero-order valence-electron chi connectivity index (χ0n) is 14.4. The van der Waals surface area contributed by atoms with Crippen LogP contribution < -0.4 is 5.32 Å². The van der Waals surface area contributed by atoms with Crippen LogP contribution in [0.2, 0.25) is 0 Å². The number of amides is 1. The highest BCUT2D eigenvalue weighted by atomic mass is 16.6. The van der Waals surface area contributed by atoms with E-state index in [0.29, 0.717) is 6.67 Å². The highest BCUT2D eigenvalue weighted by Gasteiger charge is 2.30. The van der Waals surface area contributed by atoms with Crippen LogP contribution in [0.5, 0.6) is 0 Å². The Labute approximate surface area is 133 Å². The van der Waals surface area contributed by atoms with Crippen molar-refractivity contribution in [1.29, 1.82) is 0 Å². The number of hydrogen-bond acceptors (Lipinski definition) is 3. The topological polar surface area (TPSA) is 41.6 Å². The summed E-state index contributed by atoms with van der Waals surface area (Å²) in [4.78, 5) is 14.1. The van der Waals surface area contributed by atoms with E-state index in [0.717, 1.165) is 5.70 Å². The molecular weight excluding hydrogens is 276 g/mol. The zero-order valence-corrected chi connectivity index (χ0v) is 14.4. The number of nitrogens with one attached hydrogen (secondary N) is 1. The number of rotatable bonds is 2. The van der Waals surface area contributed by atoms with Gasteiger partial charge < -0.3 is 10.1 Å². The van der Waals surface area contributed by atoms with E-state index in [1.165, 1.54) is 16.7 Å². The maximum Gasteiger partial charge on any atom is 0.416 e. The third kappa shape index (κ3) is 3.43. The van der Waals surface area contributed by atoms with Gasteiger partial charge in [0.2, 0.25) is 0 Å². The number of allylic oxidation sites excluding steroid dienone is 1. The highest BCUT2D eigenvalue weighted by Crippen LogP contribution is 2.32. The van der Waals surface area contributed by atoms with Gasteiger partial charge >= 0.3 is 6.09 Å². The lowest BCUT2D eigenvalue weighted by atomic mass is 9.91. The van der Waals surface area contributed by atoms with Crippen LogP contribution >= 0.6 is 0 Å². The zero-order chi connectivity index (χ0) is 16.5. The van der Waals surface area contributed by atoms with Gasteiger partial charge in [0.1, 0.15) is 5.60 Å². The predicted octanol–water partition coefficient (Wildman–Crippen LogP) is 4.05. The average Bonchev–Trinajstić information content (AvgIpc) is 2.88. The van der Waals surface area contributed by atoms with Gasteiger partial charge in [0.05, 0.1) is 6.67 Å². The predicted molar refractivity (Wildman–Crippen MR) is 88.5 cm³/mol. The third-order valence-electron chi connectivity index (χ3n) is 3.98. The maximum atomic E-state index is 12.4. The molecule has 0 radical (unpaired) electrons. The molecular formula is C18H26N2O2. The first-order chi connectivity index (χ1) is 10.2. The molecule has 4 nitrogen and oxygen atoms in total. The van der Waals surface area contributed by atoms with Crippen LogP contribution in [0, 0.1) is 13.8 Å². The summed E-state index contributed by atoms with van der Waals surface area (Å²) in [5.74, 6) is 0.127. The molecule has 1 atom stereocenters. The van der Waals surface area contributed by atoms with Crippen molar-refractivity contribution in [3.8, 4) is 0 Å². The summed E-state index contributed by atoms with van der Waals surface area (Å²) in [6.45, 7) is 12.5. The highest BCUT2D eigenvalue weighted by molar-refractivity contribution is 5.71. The van der Waals surface area contributed by atoms with E-state index in [-0.39, 0.29) is 12.0 Å². The maximum absolute atomic E-state index is 12.4. The first kappa shape index (κ1) is 16.4. The molecule has 1 amide bonds. The molecule has 1 heterocycles. The Balaban J connectivity index is 2.23. The summed E-state index contributed by atoms with van der Waals surface area (Å²) < 4.78 is 5.50. The molecule has 0 saturated carbocycles. The third-order valence-corrected chi connectivity index (χ3v) is 3.98. The minimum Gasteiger partial charge on any atom is -0.443 e. The van der Waals surface area contributed by atoms with Crippen molar-refractivity contribution in [3.63, 3.8) is 0 Å². The van der Waals surface area contributed by atoms with Crippen LogP contribution in [0.1, 0.15) is 50.3 Å². The van der Waals surface area contributed by atoms with Crippen molar-refractivity contribution in [2.75, 3.05) is 6.67 Å². The summed E-state index contributed by atoms with van der Waals surface area (Å²) >= 11 is 0. The second-order valence-electron chi connectivity index (χ2n) is 6.85. The lowest BCUT2D eigenvalue weighted by Crippen LogP contribution is -2.37. The van der Waals surface area contributed by atoms with E-state index in [4.69, 9.17) is 4.74 Å². The lowest BCUT2D eigenvalue weighted by molar-refractivity contribution is 0.0316. The van der Waals surface area contributed by atoms with Crippen LogP contribution in [0.15, 0.2) is 30.1 Å². The average molecular weight is 302 g/mol. The van der Waals surface area contributed by atoms with Gasteiger partial charge in [0.25, 0.3) is 0 Å². The molecule has 0 aromatic heterocycles. The van der Waals surface area contributed by atoms with E-state index in [1.54, 1.807) is 4.90 Å². The standard InChI is InChI=1S/C18H26N2O2/c1-12-8-7-9-15(13(12)2)14(3)16-10-19-11-20(16)17(21)22-18(4,5)6/h7-10,14,19H,11H2,1-6H3/t14-/m0/s1. The number of hydrogen-bond donors (Lipinski definition) is 1. The smallest absolute Gasteiger partial charge is 0.416 e. The Bertz CT molecular complexity index is 600. The lowest BCUT2D eigenvalue weighted by Gasteiger charge is -2.28. The quantitative estimate of drug-likeness (QED) is 0.896. The molecule has 2 rings (SSSR count). The molecule has 22 heavy (non-hydrogen) atoms. The van der Waals surface area contributed by atoms with Crippen molar-refractivity contribution in [2.45, 2.75) is 53.1 Å². The van der Waals surface area contributed by atoms with Crippen LogP contribution in [-0.2, 0) is 4.74 Å². The molecule has 1 aliphatic rings. The molecule has 1 aliphatic heterocycles. The van der Waals surface area contributed by atoms with E-state index < -0.39 is 5.60 Å².